The molecule has 0 atom stereocenters. The van der Waals surface area contributed by atoms with Crippen LogP contribution in [0, 0.1) is 0 Å². The predicted octanol–water partition coefficient (Wildman–Crippen LogP) is 5.05. The molecule has 164 valence electrons. The van der Waals surface area contributed by atoms with Crippen molar-refractivity contribution in [1.29, 1.82) is 0 Å². The minimum absolute atomic E-state index is 0.203. The third-order valence-corrected chi connectivity index (χ3v) is 5.53. The molecule has 0 unspecified atom stereocenters. The SMILES string of the molecule is COc1ccc(/C=C2\N=C(C)N(c3ccccc3-c3nc4ccccc4[nH]3)C2=O)cc1OC. The number of carbonyl (C=O) groups is 1. The minimum atomic E-state index is -0.203. The molecule has 1 aliphatic rings. The summed E-state index contributed by atoms with van der Waals surface area (Å²) in [5.74, 6) is 2.30. The smallest absolute Gasteiger partial charge is 0.282 e. The Kier molecular flexibility index (Phi) is 5.14. The molecule has 2 heterocycles. The first-order valence-corrected chi connectivity index (χ1v) is 10.5. The monoisotopic (exact) mass is 438 g/mol. The lowest BCUT2D eigenvalue weighted by molar-refractivity contribution is -0.113. The van der Waals surface area contributed by atoms with Crippen LogP contribution in [0.5, 0.6) is 11.5 Å². The average molecular weight is 438 g/mol. The summed E-state index contributed by atoms with van der Waals surface area (Å²) in [5.41, 5.74) is 4.49. The van der Waals surface area contributed by atoms with Gasteiger partial charge in [-0.15, -0.1) is 0 Å². The van der Waals surface area contributed by atoms with E-state index in [1.165, 1.54) is 0 Å². The lowest BCUT2D eigenvalue weighted by Gasteiger charge is -2.19. The fourth-order valence-electron chi connectivity index (χ4n) is 3.96. The Morgan fingerprint density at radius 3 is 2.48 bits per heavy atom. The molecule has 0 fully saturated rings. The number of methoxy groups -OCH3 is 2. The van der Waals surface area contributed by atoms with E-state index < -0.39 is 0 Å². The molecular weight excluding hydrogens is 416 g/mol. The highest BCUT2D eigenvalue weighted by Gasteiger charge is 2.31. The fourth-order valence-corrected chi connectivity index (χ4v) is 3.96. The molecule has 7 heteroatoms. The van der Waals surface area contributed by atoms with E-state index in [4.69, 9.17) is 14.5 Å². The number of aliphatic imine (C=N–C) groups is 1. The number of nitrogens with zero attached hydrogens (tertiary/aromatic N) is 3. The van der Waals surface area contributed by atoms with E-state index in [1.807, 2.05) is 67.6 Å². The van der Waals surface area contributed by atoms with Crippen LogP contribution < -0.4 is 14.4 Å². The van der Waals surface area contributed by atoms with Gasteiger partial charge in [-0.3, -0.25) is 9.69 Å². The van der Waals surface area contributed by atoms with Gasteiger partial charge in [0.05, 0.1) is 30.9 Å². The van der Waals surface area contributed by atoms with Crippen molar-refractivity contribution in [3.05, 3.63) is 78.0 Å². The number of nitrogens with one attached hydrogen (secondary N) is 1. The molecule has 0 aliphatic carbocycles. The summed E-state index contributed by atoms with van der Waals surface area (Å²) in [4.78, 5) is 27.6. The Morgan fingerprint density at radius 1 is 0.939 bits per heavy atom. The summed E-state index contributed by atoms with van der Waals surface area (Å²) >= 11 is 0. The van der Waals surface area contributed by atoms with Gasteiger partial charge in [0.25, 0.3) is 5.91 Å². The van der Waals surface area contributed by atoms with Gasteiger partial charge in [0.2, 0.25) is 0 Å². The second kappa shape index (κ2) is 8.27. The van der Waals surface area contributed by atoms with E-state index in [0.717, 1.165) is 27.8 Å². The third-order valence-electron chi connectivity index (χ3n) is 5.53. The van der Waals surface area contributed by atoms with Crippen molar-refractivity contribution in [2.75, 3.05) is 19.1 Å². The molecule has 1 aromatic heterocycles. The van der Waals surface area contributed by atoms with Crippen LogP contribution in [0.25, 0.3) is 28.5 Å². The highest BCUT2D eigenvalue weighted by atomic mass is 16.5. The maximum absolute atomic E-state index is 13.4. The van der Waals surface area contributed by atoms with E-state index in [2.05, 4.69) is 9.98 Å². The van der Waals surface area contributed by atoms with E-state index >= 15 is 0 Å². The lowest BCUT2D eigenvalue weighted by atomic mass is 10.1. The van der Waals surface area contributed by atoms with Crippen LogP contribution in [0.15, 0.2) is 77.4 Å². The number of para-hydroxylation sites is 3. The molecule has 0 saturated heterocycles. The molecular formula is C26H22N4O3. The first kappa shape index (κ1) is 20.5. The molecule has 3 aromatic carbocycles. The molecule has 5 rings (SSSR count). The van der Waals surface area contributed by atoms with Crippen molar-refractivity contribution in [3.63, 3.8) is 0 Å². The number of aromatic amines is 1. The van der Waals surface area contributed by atoms with Crippen LogP contribution in [0.3, 0.4) is 0 Å². The first-order valence-electron chi connectivity index (χ1n) is 10.5. The average Bonchev–Trinajstić information content (AvgIpc) is 3.39. The van der Waals surface area contributed by atoms with E-state index in [0.29, 0.717) is 28.9 Å². The number of hydrogen-bond acceptors (Lipinski definition) is 5. The predicted molar refractivity (Wildman–Crippen MR) is 130 cm³/mol. The molecule has 1 amide bonds. The normalized spacial score (nSPS) is 14.8. The zero-order chi connectivity index (χ0) is 22.9. The van der Waals surface area contributed by atoms with Gasteiger partial charge in [0.15, 0.2) is 11.5 Å². The number of aromatic nitrogens is 2. The molecule has 1 aliphatic heterocycles. The van der Waals surface area contributed by atoms with Crippen LogP contribution in [-0.2, 0) is 4.79 Å². The number of hydrogen-bond donors (Lipinski definition) is 1. The van der Waals surface area contributed by atoms with Gasteiger partial charge in [-0.2, -0.15) is 0 Å². The number of H-pyrrole nitrogens is 1. The van der Waals surface area contributed by atoms with Crippen molar-refractivity contribution in [2.24, 2.45) is 4.99 Å². The summed E-state index contributed by atoms with van der Waals surface area (Å²) in [6.07, 6.45) is 1.75. The van der Waals surface area contributed by atoms with Gasteiger partial charge in [-0.05, 0) is 55.0 Å². The maximum Gasteiger partial charge on any atom is 0.282 e. The second-order valence-electron chi connectivity index (χ2n) is 7.56. The van der Waals surface area contributed by atoms with Crippen LogP contribution in [0.4, 0.5) is 5.69 Å². The number of imidazole rings is 1. The summed E-state index contributed by atoms with van der Waals surface area (Å²) in [6.45, 7) is 1.82. The molecule has 33 heavy (non-hydrogen) atoms. The number of amides is 1. The number of carbonyl (C=O) groups excluding carboxylic acids is 1. The van der Waals surface area contributed by atoms with Crippen molar-refractivity contribution in [1.82, 2.24) is 9.97 Å². The van der Waals surface area contributed by atoms with Gasteiger partial charge in [-0.25, -0.2) is 9.98 Å². The summed E-state index contributed by atoms with van der Waals surface area (Å²) in [5, 5.41) is 0. The highest BCUT2D eigenvalue weighted by Crippen LogP contribution is 2.35. The molecule has 0 spiro atoms. The molecule has 7 nitrogen and oxygen atoms in total. The van der Waals surface area contributed by atoms with Crippen molar-refractivity contribution in [2.45, 2.75) is 6.92 Å². The van der Waals surface area contributed by atoms with Gasteiger partial charge >= 0.3 is 0 Å². The highest BCUT2D eigenvalue weighted by molar-refractivity contribution is 6.29. The second-order valence-corrected chi connectivity index (χ2v) is 7.56. The van der Waals surface area contributed by atoms with Gasteiger partial charge in [-0.1, -0.05) is 30.3 Å². The summed E-state index contributed by atoms with van der Waals surface area (Å²) < 4.78 is 10.7. The number of amidine groups is 1. The minimum Gasteiger partial charge on any atom is -0.493 e. The molecule has 0 bridgehead atoms. The number of benzene rings is 3. The molecule has 0 radical (unpaired) electrons. The Bertz CT molecular complexity index is 1400. The quantitative estimate of drug-likeness (QED) is 0.442. The number of fused-ring (bicyclic) bond motifs is 1. The zero-order valence-corrected chi connectivity index (χ0v) is 18.5. The zero-order valence-electron chi connectivity index (χ0n) is 18.5. The van der Waals surface area contributed by atoms with E-state index in [-0.39, 0.29) is 5.91 Å². The van der Waals surface area contributed by atoms with Crippen LogP contribution >= 0.6 is 0 Å². The number of rotatable bonds is 5. The van der Waals surface area contributed by atoms with E-state index in [1.54, 1.807) is 31.3 Å². The molecule has 1 N–H and O–H groups in total. The Balaban J connectivity index is 1.53. The Labute approximate surface area is 191 Å². The lowest BCUT2D eigenvalue weighted by Crippen LogP contribution is -2.30. The molecule has 0 saturated carbocycles. The summed E-state index contributed by atoms with van der Waals surface area (Å²) in [7, 11) is 3.16. The summed E-state index contributed by atoms with van der Waals surface area (Å²) in [6, 6.07) is 21.0. The van der Waals surface area contributed by atoms with Crippen molar-refractivity contribution < 1.29 is 14.3 Å². The first-order chi connectivity index (χ1) is 16.1. The van der Waals surface area contributed by atoms with Crippen LogP contribution in [0.2, 0.25) is 0 Å². The van der Waals surface area contributed by atoms with Gasteiger partial charge < -0.3 is 14.5 Å². The largest absolute Gasteiger partial charge is 0.493 e. The van der Waals surface area contributed by atoms with Gasteiger partial charge in [0, 0.05) is 5.56 Å². The van der Waals surface area contributed by atoms with Crippen molar-refractivity contribution >= 4 is 34.5 Å². The van der Waals surface area contributed by atoms with Crippen LogP contribution in [-0.4, -0.2) is 35.9 Å². The van der Waals surface area contributed by atoms with Crippen LogP contribution in [0.1, 0.15) is 12.5 Å². The van der Waals surface area contributed by atoms with E-state index in [9.17, 15) is 4.79 Å². The third kappa shape index (κ3) is 3.63. The number of anilines is 1. The maximum atomic E-state index is 13.4. The Hall–Kier alpha value is -4.39. The topological polar surface area (TPSA) is 79.8 Å². The number of ether oxygens (including phenoxy) is 2. The molecule has 4 aromatic rings. The Morgan fingerprint density at radius 2 is 1.70 bits per heavy atom. The van der Waals surface area contributed by atoms with Gasteiger partial charge in [0.1, 0.15) is 17.4 Å². The standard InChI is InChI=1S/C26H22N4O3/c1-16-27-21(14-17-12-13-23(32-2)24(15-17)33-3)26(31)30(16)22-11-7-4-8-18(22)25-28-19-9-5-6-10-20(19)29-25/h4-15H,1-3H3,(H,28,29)/b21-14-. The fraction of sp³-hybridized carbons (Fsp3) is 0.115. The van der Waals surface area contributed by atoms with Crippen molar-refractivity contribution in [3.8, 4) is 22.9 Å².